The molecular weight excluding hydrogens is 524 g/mol. The molecule has 3 aliphatic rings. The first-order valence-electron chi connectivity index (χ1n) is 14.0. The minimum Gasteiger partial charge on any atom is -0.459 e. The lowest BCUT2D eigenvalue weighted by Gasteiger charge is -2.30. The summed E-state index contributed by atoms with van der Waals surface area (Å²) in [4.78, 5) is 31.2. The van der Waals surface area contributed by atoms with Crippen LogP contribution in [-0.2, 0) is 9.53 Å². The summed E-state index contributed by atoms with van der Waals surface area (Å²) in [5, 5.41) is 6.37. The average Bonchev–Trinajstić information content (AvgIpc) is 3.77. The monoisotopic (exact) mass is 558 g/mol. The molecule has 41 heavy (non-hydrogen) atoms. The summed E-state index contributed by atoms with van der Waals surface area (Å²) in [6, 6.07) is 14.9. The summed E-state index contributed by atoms with van der Waals surface area (Å²) in [6.45, 7) is 8.09. The van der Waals surface area contributed by atoms with Gasteiger partial charge in [-0.3, -0.25) is 14.5 Å². The Bertz CT molecular complexity index is 1450. The highest BCUT2D eigenvalue weighted by Gasteiger charge is 2.36. The standard InChI is InChI=1S/C31H34N4O6/c1-21-5-6-23(16-22(21)2)25-18-26(24-7-8-27-29(17-24)41-20-40-27)35(32-25)30(36)19-34(31(37)28-4-3-13-39-28)10-9-33-11-14-38-15-12-33/h3-8,13,16-17,26H,9-12,14-15,18-20H2,1-2H3/t26-/m1/s1. The van der Waals surface area contributed by atoms with E-state index in [0.717, 1.165) is 35.5 Å². The molecule has 2 aromatic carbocycles. The van der Waals surface area contributed by atoms with Crippen LogP contribution in [0.1, 0.15) is 45.3 Å². The van der Waals surface area contributed by atoms with E-state index in [2.05, 4.69) is 30.9 Å². The molecule has 0 aliphatic carbocycles. The van der Waals surface area contributed by atoms with Crippen LogP contribution in [0, 0.1) is 13.8 Å². The van der Waals surface area contributed by atoms with Gasteiger partial charge >= 0.3 is 0 Å². The van der Waals surface area contributed by atoms with Gasteiger partial charge in [-0.2, -0.15) is 5.10 Å². The van der Waals surface area contributed by atoms with E-state index in [0.29, 0.717) is 44.2 Å². The number of nitrogens with zero attached hydrogens (tertiary/aromatic N) is 4. The third-order valence-electron chi connectivity index (χ3n) is 7.92. The van der Waals surface area contributed by atoms with E-state index in [4.69, 9.17) is 23.7 Å². The molecule has 214 valence electrons. The molecule has 0 unspecified atom stereocenters. The number of furan rings is 1. The molecule has 2 amide bonds. The normalized spacial score (nSPS) is 18.4. The smallest absolute Gasteiger partial charge is 0.290 e. The number of hydrogen-bond acceptors (Lipinski definition) is 8. The Hall–Kier alpha value is -4.15. The second-order valence-electron chi connectivity index (χ2n) is 10.6. The van der Waals surface area contributed by atoms with Crippen molar-refractivity contribution in [3.05, 3.63) is 82.8 Å². The molecule has 10 nitrogen and oxygen atoms in total. The number of hydrogen-bond donors (Lipinski definition) is 0. The Labute approximate surface area is 239 Å². The summed E-state index contributed by atoms with van der Waals surface area (Å²) in [6.07, 6.45) is 2.00. The van der Waals surface area contributed by atoms with Crippen LogP contribution in [0.4, 0.5) is 0 Å². The van der Waals surface area contributed by atoms with Crippen molar-refractivity contribution in [2.45, 2.75) is 26.3 Å². The fourth-order valence-corrected chi connectivity index (χ4v) is 5.35. The van der Waals surface area contributed by atoms with E-state index in [1.165, 1.54) is 16.8 Å². The molecule has 4 heterocycles. The van der Waals surface area contributed by atoms with Crippen molar-refractivity contribution < 1.29 is 28.2 Å². The van der Waals surface area contributed by atoms with E-state index in [1.54, 1.807) is 17.0 Å². The lowest BCUT2D eigenvalue weighted by Crippen LogP contribution is -2.46. The first-order chi connectivity index (χ1) is 20.0. The van der Waals surface area contributed by atoms with Gasteiger partial charge in [-0.05, 0) is 66.4 Å². The number of hydrazone groups is 1. The summed E-state index contributed by atoms with van der Waals surface area (Å²) in [5.41, 5.74) is 5.04. The number of fused-ring (bicyclic) bond motifs is 1. The van der Waals surface area contributed by atoms with Gasteiger partial charge in [0.15, 0.2) is 17.3 Å². The van der Waals surface area contributed by atoms with Gasteiger partial charge in [0.05, 0.1) is 31.2 Å². The molecule has 10 heteroatoms. The number of carbonyl (C=O) groups excluding carboxylic acids is 2. The minimum atomic E-state index is -0.353. The Morgan fingerprint density at radius 2 is 1.83 bits per heavy atom. The van der Waals surface area contributed by atoms with Crippen LogP contribution in [-0.4, -0.2) is 85.1 Å². The van der Waals surface area contributed by atoms with E-state index >= 15 is 0 Å². The van der Waals surface area contributed by atoms with Crippen molar-refractivity contribution in [3.8, 4) is 11.5 Å². The van der Waals surface area contributed by atoms with Crippen molar-refractivity contribution in [2.24, 2.45) is 5.10 Å². The van der Waals surface area contributed by atoms with Gasteiger partial charge in [-0.15, -0.1) is 0 Å². The van der Waals surface area contributed by atoms with E-state index in [1.807, 2.05) is 24.3 Å². The highest BCUT2D eigenvalue weighted by atomic mass is 16.7. The Balaban J connectivity index is 1.28. The van der Waals surface area contributed by atoms with Gasteiger partial charge in [0.25, 0.3) is 11.8 Å². The maximum Gasteiger partial charge on any atom is 0.290 e. The molecule has 3 aromatic rings. The number of morpholine rings is 1. The predicted octanol–water partition coefficient (Wildman–Crippen LogP) is 3.78. The summed E-state index contributed by atoms with van der Waals surface area (Å²) >= 11 is 0. The van der Waals surface area contributed by atoms with Crippen LogP contribution in [0.3, 0.4) is 0 Å². The number of ether oxygens (including phenoxy) is 3. The Kier molecular flexibility index (Phi) is 7.76. The second kappa shape index (κ2) is 11.8. The Morgan fingerprint density at radius 1 is 1.00 bits per heavy atom. The maximum absolute atomic E-state index is 14.0. The average molecular weight is 559 g/mol. The first kappa shape index (κ1) is 27.0. The maximum atomic E-state index is 14.0. The van der Waals surface area contributed by atoms with Gasteiger partial charge < -0.3 is 23.5 Å². The highest BCUT2D eigenvalue weighted by molar-refractivity contribution is 6.04. The van der Waals surface area contributed by atoms with Crippen LogP contribution in [0.15, 0.2) is 64.3 Å². The SMILES string of the molecule is Cc1ccc(C2=NN(C(=O)CN(CCN3CCOCC3)C(=O)c3ccco3)[C@@H](c3ccc4c(c3)OCO4)C2)cc1C. The minimum absolute atomic E-state index is 0.130. The highest BCUT2D eigenvalue weighted by Crippen LogP contribution is 2.39. The van der Waals surface area contributed by atoms with Crippen LogP contribution < -0.4 is 9.47 Å². The number of aryl methyl sites for hydroxylation is 2. The molecule has 0 spiro atoms. The molecule has 1 aromatic heterocycles. The lowest BCUT2D eigenvalue weighted by molar-refractivity contribution is -0.133. The van der Waals surface area contributed by atoms with Crippen molar-refractivity contribution in [1.82, 2.24) is 14.8 Å². The molecule has 6 rings (SSSR count). The summed E-state index contributed by atoms with van der Waals surface area (Å²) in [7, 11) is 0. The zero-order valence-corrected chi connectivity index (χ0v) is 23.4. The molecule has 0 saturated carbocycles. The van der Waals surface area contributed by atoms with Crippen LogP contribution >= 0.6 is 0 Å². The zero-order valence-electron chi connectivity index (χ0n) is 23.4. The van der Waals surface area contributed by atoms with Crippen LogP contribution in [0.25, 0.3) is 0 Å². The van der Waals surface area contributed by atoms with Crippen molar-refractivity contribution in [3.63, 3.8) is 0 Å². The van der Waals surface area contributed by atoms with E-state index < -0.39 is 0 Å². The van der Waals surface area contributed by atoms with Gasteiger partial charge in [-0.25, -0.2) is 5.01 Å². The predicted molar refractivity (Wildman–Crippen MR) is 151 cm³/mol. The number of carbonyl (C=O) groups is 2. The first-order valence-corrected chi connectivity index (χ1v) is 14.0. The van der Waals surface area contributed by atoms with Crippen LogP contribution in [0.2, 0.25) is 0 Å². The molecule has 3 aliphatic heterocycles. The largest absolute Gasteiger partial charge is 0.459 e. The lowest BCUT2D eigenvalue weighted by atomic mass is 9.96. The quantitative estimate of drug-likeness (QED) is 0.415. The molecular formula is C31H34N4O6. The van der Waals surface area contributed by atoms with Crippen LogP contribution in [0.5, 0.6) is 11.5 Å². The second-order valence-corrected chi connectivity index (χ2v) is 10.6. The number of benzene rings is 2. The third-order valence-corrected chi connectivity index (χ3v) is 7.92. The molecule has 1 atom stereocenters. The van der Waals surface area contributed by atoms with Gasteiger partial charge in [-0.1, -0.05) is 18.2 Å². The van der Waals surface area contributed by atoms with Gasteiger partial charge in [0, 0.05) is 32.6 Å². The van der Waals surface area contributed by atoms with E-state index in [-0.39, 0.29) is 37.0 Å². The molecule has 0 radical (unpaired) electrons. The molecule has 0 N–H and O–H groups in total. The van der Waals surface area contributed by atoms with Crippen molar-refractivity contribution >= 4 is 17.5 Å². The topological polar surface area (TPSA) is 97.1 Å². The molecule has 0 bridgehead atoms. The number of rotatable bonds is 8. The number of amides is 2. The third kappa shape index (κ3) is 5.84. The fraction of sp³-hybridized carbons (Fsp3) is 0.387. The van der Waals surface area contributed by atoms with Crippen molar-refractivity contribution in [1.29, 1.82) is 0 Å². The van der Waals surface area contributed by atoms with Gasteiger partial charge in [0.2, 0.25) is 6.79 Å². The van der Waals surface area contributed by atoms with Crippen molar-refractivity contribution in [2.75, 3.05) is 52.7 Å². The molecule has 1 fully saturated rings. The van der Waals surface area contributed by atoms with E-state index in [9.17, 15) is 9.59 Å². The Morgan fingerprint density at radius 3 is 2.61 bits per heavy atom. The summed E-state index contributed by atoms with van der Waals surface area (Å²) in [5.74, 6) is 0.933. The summed E-state index contributed by atoms with van der Waals surface area (Å²) < 4.78 is 22.0. The fourth-order valence-electron chi connectivity index (χ4n) is 5.35. The zero-order chi connectivity index (χ0) is 28.3. The molecule has 1 saturated heterocycles. The van der Waals surface area contributed by atoms with Gasteiger partial charge in [0.1, 0.15) is 6.54 Å².